The molecule has 1 aliphatic rings. The summed E-state index contributed by atoms with van der Waals surface area (Å²) in [6.45, 7) is 1.17. The van der Waals surface area contributed by atoms with E-state index in [0.717, 1.165) is 30.0 Å². The molecule has 1 unspecified atom stereocenters. The van der Waals surface area contributed by atoms with Gasteiger partial charge < -0.3 is 14.6 Å². The Hall–Kier alpha value is -2.58. The van der Waals surface area contributed by atoms with Gasteiger partial charge in [-0.25, -0.2) is 4.98 Å². The maximum absolute atomic E-state index is 12.4. The van der Waals surface area contributed by atoms with Crippen molar-refractivity contribution in [2.45, 2.75) is 25.4 Å². The Bertz CT molecular complexity index is 872. The topological polar surface area (TPSA) is 90.1 Å². The second kappa shape index (κ2) is 7.76. The number of amides is 1. The van der Waals surface area contributed by atoms with Gasteiger partial charge in [0.2, 0.25) is 0 Å². The molecule has 2 aromatic heterocycles. The number of hydrogen-bond donors (Lipinski definition) is 1. The minimum Gasteiger partial charge on any atom is -0.368 e. The summed E-state index contributed by atoms with van der Waals surface area (Å²) >= 11 is 1.54. The largest absolute Gasteiger partial charge is 0.368 e. The van der Waals surface area contributed by atoms with Gasteiger partial charge in [0.05, 0.1) is 0 Å². The zero-order chi connectivity index (χ0) is 17.8. The van der Waals surface area contributed by atoms with Gasteiger partial charge in [-0.05, 0) is 25.0 Å². The fourth-order valence-electron chi connectivity index (χ4n) is 2.82. The van der Waals surface area contributed by atoms with E-state index in [4.69, 9.17) is 9.26 Å². The van der Waals surface area contributed by atoms with Crippen LogP contribution in [0.1, 0.15) is 41.0 Å². The van der Waals surface area contributed by atoms with Gasteiger partial charge >= 0.3 is 0 Å². The molecule has 3 heterocycles. The van der Waals surface area contributed by atoms with Crippen molar-refractivity contribution in [3.63, 3.8) is 0 Å². The average molecular weight is 370 g/mol. The molecule has 134 valence electrons. The number of benzene rings is 1. The van der Waals surface area contributed by atoms with Crippen molar-refractivity contribution in [2.75, 3.05) is 13.2 Å². The zero-order valence-corrected chi connectivity index (χ0v) is 14.9. The lowest BCUT2D eigenvalue weighted by atomic mass is 10.1. The standard InChI is InChI=1S/C18H18N4O3S/c23-16(12-3-1-4-13(11-12)18-20-8-10-26-18)19-7-6-15-21-17(25-22-15)14-5-2-9-24-14/h1,3-4,8,10-11,14H,2,5-7,9H2,(H,19,23). The molecule has 8 heteroatoms. The maximum atomic E-state index is 12.4. The molecule has 1 aliphatic heterocycles. The molecule has 0 aliphatic carbocycles. The number of carbonyl (C=O) groups excluding carboxylic acids is 1. The number of ether oxygens (including phenoxy) is 1. The molecule has 1 atom stereocenters. The van der Waals surface area contributed by atoms with E-state index in [-0.39, 0.29) is 12.0 Å². The highest BCUT2D eigenvalue weighted by molar-refractivity contribution is 7.13. The molecule has 1 fully saturated rings. The highest BCUT2D eigenvalue weighted by Crippen LogP contribution is 2.27. The SMILES string of the molecule is O=C(NCCc1noc(C2CCCO2)n1)c1cccc(-c2nccs2)c1. The van der Waals surface area contributed by atoms with Gasteiger partial charge in [0, 0.05) is 42.3 Å². The first-order chi connectivity index (χ1) is 12.8. The summed E-state index contributed by atoms with van der Waals surface area (Å²) in [6, 6.07) is 7.44. The van der Waals surface area contributed by atoms with Crippen LogP contribution in [-0.4, -0.2) is 34.2 Å². The second-order valence-electron chi connectivity index (χ2n) is 5.97. The summed E-state index contributed by atoms with van der Waals surface area (Å²) in [5.41, 5.74) is 1.54. The third-order valence-corrected chi connectivity index (χ3v) is 4.95. The van der Waals surface area contributed by atoms with E-state index < -0.39 is 0 Å². The Morgan fingerprint density at radius 3 is 3.15 bits per heavy atom. The van der Waals surface area contributed by atoms with Gasteiger partial charge in [0.25, 0.3) is 11.8 Å². The quantitative estimate of drug-likeness (QED) is 0.717. The fraction of sp³-hybridized carbons (Fsp3) is 0.333. The Balaban J connectivity index is 1.32. The minimum atomic E-state index is -0.133. The van der Waals surface area contributed by atoms with E-state index in [1.54, 1.807) is 23.6 Å². The first kappa shape index (κ1) is 16.9. The predicted octanol–water partition coefficient (Wildman–Crippen LogP) is 3.02. The van der Waals surface area contributed by atoms with Crippen LogP contribution >= 0.6 is 11.3 Å². The number of aromatic nitrogens is 3. The molecule has 0 spiro atoms. The first-order valence-electron chi connectivity index (χ1n) is 8.52. The summed E-state index contributed by atoms with van der Waals surface area (Å²) in [5, 5.41) is 9.65. The summed E-state index contributed by atoms with van der Waals surface area (Å²) in [4.78, 5) is 21.0. The van der Waals surface area contributed by atoms with Crippen molar-refractivity contribution in [1.82, 2.24) is 20.4 Å². The molecule has 4 rings (SSSR count). The molecule has 1 amide bonds. The van der Waals surface area contributed by atoms with Gasteiger partial charge in [0.15, 0.2) is 5.82 Å². The molecule has 1 aromatic carbocycles. The Kier molecular flexibility index (Phi) is 5.03. The van der Waals surface area contributed by atoms with E-state index >= 15 is 0 Å². The highest BCUT2D eigenvalue weighted by Gasteiger charge is 2.23. The van der Waals surface area contributed by atoms with Gasteiger partial charge in [-0.1, -0.05) is 17.3 Å². The number of rotatable bonds is 6. The van der Waals surface area contributed by atoms with Crippen molar-refractivity contribution < 1.29 is 14.1 Å². The predicted molar refractivity (Wildman–Crippen MR) is 95.8 cm³/mol. The van der Waals surface area contributed by atoms with Crippen molar-refractivity contribution in [2.24, 2.45) is 0 Å². The molecule has 1 saturated heterocycles. The van der Waals surface area contributed by atoms with Crippen LogP contribution in [0.25, 0.3) is 10.6 Å². The fourth-order valence-corrected chi connectivity index (χ4v) is 3.46. The minimum absolute atomic E-state index is 0.0838. The van der Waals surface area contributed by atoms with Crippen LogP contribution < -0.4 is 5.32 Å². The van der Waals surface area contributed by atoms with Crippen LogP contribution in [-0.2, 0) is 11.2 Å². The van der Waals surface area contributed by atoms with Crippen LogP contribution in [0.2, 0.25) is 0 Å². The van der Waals surface area contributed by atoms with E-state index in [0.29, 0.717) is 30.2 Å². The van der Waals surface area contributed by atoms with E-state index in [2.05, 4.69) is 20.4 Å². The smallest absolute Gasteiger partial charge is 0.255 e. The van der Waals surface area contributed by atoms with Crippen molar-refractivity contribution in [3.05, 3.63) is 53.1 Å². The van der Waals surface area contributed by atoms with Crippen molar-refractivity contribution >= 4 is 17.2 Å². The Morgan fingerprint density at radius 2 is 2.35 bits per heavy atom. The van der Waals surface area contributed by atoms with Crippen molar-refractivity contribution in [3.8, 4) is 10.6 Å². The monoisotopic (exact) mass is 370 g/mol. The lowest BCUT2D eigenvalue weighted by Crippen LogP contribution is -2.26. The van der Waals surface area contributed by atoms with E-state index in [9.17, 15) is 4.79 Å². The lowest BCUT2D eigenvalue weighted by Gasteiger charge is -2.05. The zero-order valence-electron chi connectivity index (χ0n) is 14.1. The van der Waals surface area contributed by atoms with Crippen LogP contribution in [0.3, 0.4) is 0 Å². The van der Waals surface area contributed by atoms with Crippen LogP contribution in [0.15, 0.2) is 40.4 Å². The summed E-state index contributed by atoms with van der Waals surface area (Å²) in [7, 11) is 0. The molecular weight excluding hydrogens is 352 g/mol. The summed E-state index contributed by atoms with van der Waals surface area (Å²) < 4.78 is 10.8. The number of thiazole rings is 1. The third-order valence-electron chi connectivity index (χ3n) is 4.13. The molecule has 0 bridgehead atoms. The molecule has 3 aromatic rings. The van der Waals surface area contributed by atoms with Gasteiger partial charge in [-0.3, -0.25) is 4.79 Å². The molecule has 0 saturated carbocycles. The average Bonchev–Trinajstić information content (AvgIpc) is 3.43. The molecule has 7 nitrogen and oxygen atoms in total. The first-order valence-corrected chi connectivity index (χ1v) is 9.40. The number of nitrogens with one attached hydrogen (secondary N) is 1. The third kappa shape index (κ3) is 3.81. The van der Waals surface area contributed by atoms with E-state index in [1.807, 2.05) is 23.6 Å². The number of hydrogen-bond acceptors (Lipinski definition) is 7. The molecular formula is C18H18N4O3S. The van der Waals surface area contributed by atoms with Gasteiger partial charge in [0.1, 0.15) is 11.1 Å². The molecule has 0 radical (unpaired) electrons. The second-order valence-corrected chi connectivity index (χ2v) is 6.87. The van der Waals surface area contributed by atoms with Crippen molar-refractivity contribution in [1.29, 1.82) is 0 Å². The summed E-state index contributed by atoms with van der Waals surface area (Å²) in [5.74, 6) is 0.971. The lowest BCUT2D eigenvalue weighted by molar-refractivity contribution is 0.0835. The maximum Gasteiger partial charge on any atom is 0.255 e. The van der Waals surface area contributed by atoms with E-state index in [1.165, 1.54) is 0 Å². The normalized spacial score (nSPS) is 16.7. The molecule has 26 heavy (non-hydrogen) atoms. The summed E-state index contributed by atoms with van der Waals surface area (Å²) in [6.07, 6.45) is 4.10. The number of carbonyl (C=O) groups is 1. The van der Waals surface area contributed by atoms with Crippen LogP contribution in [0.4, 0.5) is 0 Å². The van der Waals surface area contributed by atoms with Gasteiger partial charge in [-0.2, -0.15) is 4.98 Å². The van der Waals surface area contributed by atoms with Gasteiger partial charge in [-0.15, -0.1) is 11.3 Å². The molecule has 1 N–H and O–H groups in total. The Labute approximate surface area is 154 Å². The number of nitrogens with zero attached hydrogens (tertiary/aromatic N) is 3. The van der Waals surface area contributed by atoms with Crippen LogP contribution in [0, 0.1) is 0 Å². The highest BCUT2D eigenvalue weighted by atomic mass is 32.1. The Morgan fingerprint density at radius 1 is 1.38 bits per heavy atom. The van der Waals surface area contributed by atoms with Crippen LogP contribution in [0.5, 0.6) is 0 Å².